The van der Waals surface area contributed by atoms with Crippen LogP contribution in [0.5, 0.6) is 0 Å². The highest BCUT2D eigenvalue weighted by Gasteiger charge is 2.42. The quantitative estimate of drug-likeness (QED) is 0.633. The van der Waals surface area contributed by atoms with Gasteiger partial charge in [0, 0.05) is 0 Å². The number of imide groups is 1. The summed E-state index contributed by atoms with van der Waals surface area (Å²) in [6.07, 6.45) is 0.400. The van der Waals surface area contributed by atoms with E-state index in [4.69, 9.17) is 0 Å². The van der Waals surface area contributed by atoms with Gasteiger partial charge in [0.05, 0.1) is 27.9 Å². The molecule has 1 aliphatic rings. The molecule has 1 aliphatic heterocycles. The summed E-state index contributed by atoms with van der Waals surface area (Å²) in [7, 11) is 0. The molecule has 0 saturated heterocycles. The van der Waals surface area contributed by atoms with Gasteiger partial charge in [-0.15, -0.1) is 11.3 Å². The van der Waals surface area contributed by atoms with E-state index in [1.165, 1.54) is 11.3 Å². The third kappa shape index (κ3) is 3.65. The highest BCUT2D eigenvalue weighted by atomic mass is 32.1. The normalized spacial score (nSPS) is 14.5. The SMILES string of the molecule is CC(C)CC(C(=O)NCc1nc2ccccc2s1)N1C(=O)c2ccccc2C1=O. The molecule has 0 saturated carbocycles. The van der Waals surface area contributed by atoms with Gasteiger partial charge in [0.25, 0.3) is 11.8 Å². The minimum absolute atomic E-state index is 0.137. The second kappa shape index (κ2) is 7.75. The van der Waals surface area contributed by atoms with Crippen molar-refractivity contribution in [3.63, 3.8) is 0 Å². The summed E-state index contributed by atoms with van der Waals surface area (Å²) < 4.78 is 1.05. The van der Waals surface area contributed by atoms with Crippen LogP contribution in [0.2, 0.25) is 0 Å². The Hall–Kier alpha value is -3.06. The fraction of sp³-hybridized carbons (Fsp3) is 0.273. The maximum absolute atomic E-state index is 13.0. The molecule has 3 aromatic rings. The van der Waals surface area contributed by atoms with Crippen LogP contribution in [-0.4, -0.2) is 33.6 Å². The fourth-order valence-electron chi connectivity index (χ4n) is 3.54. The van der Waals surface area contributed by atoms with E-state index in [0.717, 1.165) is 20.1 Å². The summed E-state index contributed by atoms with van der Waals surface area (Å²) in [5.41, 5.74) is 1.59. The van der Waals surface area contributed by atoms with Crippen molar-refractivity contribution in [1.29, 1.82) is 0 Å². The Kier molecular flexibility index (Phi) is 5.15. The lowest BCUT2D eigenvalue weighted by atomic mass is 10.0. The number of carbonyl (C=O) groups is 3. The smallest absolute Gasteiger partial charge is 0.262 e. The monoisotopic (exact) mass is 407 g/mol. The van der Waals surface area contributed by atoms with Gasteiger partial charge in [0.2, 0.25) is 5.91 Å². The number of aromatic nitrogens is 1. The number of thiazole rings is 1. The summed E-state index contributed by atoms with van der Waals surface area (Å²) in [4.78, 5) is 44.3. The molecule has 1 atom stereocenters. The van der Waals surface area contributed by atoms with Crippen LogP contribution < -0.4 is 5.32 Å². The van der Waals surface area contributed by atoms with Crippen LogP contribution in [0.1, 0.15) is 46.0 Å². The van der Waals surface area contributed by atoms with Crippen molar-refractivity contribution in [1.82, 2.24) is 15.2 Å². The molecular formula is C22H21N3O3S. The van der Waals surface area contributed by atoms with Crippen LogP contribution >= 0.6 is 11.3 Å². The van der Waals surface area contributed by atoms with Crippen molar-refractivity contribution in [2.24, 2.45) is 5.92 Å². The van der Waals surface area contributed by atoms with Gasteiger partial charge in [-0.3, -0.25) is 19.3 Å². The van der Waals surface area contributed by atoms with E-state index in [2.05, 4.69) is 10.3 Å². The zero-order valence-electron chi connectivity index (χ0n) is 16.2. The van der Waals surface area contributed by atoms with Crippen LogP contribution in [0.25, 0.3) is 10.2 Å². The van der Waals surface area contributed by atoms with E-state index in [9.17, 15) is 14.4 Å². The molecule has 3 amide bonds. The average Bonchev–Trinajstić information content (AvgIpc) is 3.23. The summed E-state index contributed by atoms with van der Waals surface area (Å²) in [5, 5.41) is 3.66. The Bertz CT molecular complexity index is 1040. The topological polar surface area (TPSA) is 79.4 Å². The van der Waals surface area contributed by atoms with E-state index in [0.29, 0.717) is 17.5 Å². The van der Waals surface area contributed by atoms with E-state index >= 15 is 0 Å². The standard InChI is InChI=1S/C22H21N3O3S/c1-13(2)11-17(25-21(27)14-7-3-4-8-15(14)22(25)28)20(26)23-12-19-24-16-9-5-6-10-18(16)29-19/h3-10,13,17H,11-12H2,1-2H3,(H,23,26). The van der Waals surface area contributed by atoms with E-state index in [1.54, 1.807) is 24.3 Å². The van der Waals surface area contributed by atoms with Crippen molar-refractivity contribution in [3.05, 3.63) is 64.7 Å². The average molecular weight is 407 g/mol. The van der Waals surface area contributed by atoms with Crippen LogP contribution in [0.3, 0.4) is 0 Å². The minimum Gasteiger partial charge on any atom is -0.348 e. The van der Waals surface area contributed by atoms with Gasteiger partial charge >= 0.3 is 0 Å². The summed E-state index contributed by atoms with van der Waals surface area (Å²) in [6.45, 7) is 4.19. The van der Waals surface area contributed by atoms with Crippen molar-refractivity contribution in [2.75, 3.05) is 0 Å². The minimum atomic E-state index is -0.850. The Morgan fingerprint density at radius 1 is 1.03 bits per heavy atom. The molecule has 1 aromatic heterocycles. The third-order valence-electron chi connectivity index (χ3n) is 4.89. The van der Waals surface area contributed by atoms with E-state index < -0.39 is 17.9 Å². The molecular weight excluding hydrogens is 386 g/mol. The number of benzene rings is 2. The number of amides is 3. The lowest BCUT2D eigenvalue weighted by molar-refractivity contribution is -0.125. The molecule has 148 valence electrons. The number of para-hydroxylation sites is 1. The van der Waals surface area contributed by atoms with Gasteiger partial charge < -0.3 is 5.32 Å². The van der Waals surface area contributed by atoms with Crippen molar-refractivity contribution in [2.45, 2.75) is 32.9 Å². The molecule has 0 aliphatic carbocycles. The molecule has 29 heavy (non-hydrogen) atoms. The Balaban J connectivity index is 1.54. The number of nitrogens with one attached hydrogen (secondary N) is 1. The van der Waals surface area contributed by atoms with Gasteiger partial charge in [0.1, 0.15) is 11.0 Å². The van der Waals surface area contributed by atoms with Crippen molar-refractivity contribution < 1.29 is 14.4 Å². The molecule has 0 spiro atoms. The molecule has 0 radical (unpaired) electrons. The molecule has 2 heterocycles. The number of fused-ring (bicyclic) bond motifs is 2. The molecule has 6 nitrogen and oxygen atoms in total. The number of hydrogen-bond donors (Lipinski definition) is 1. The number of rotatable bonds is 6. The molecule has 7 heteroatoms. The highest BCUT2D eigenvalue weighted by Crippen LogP contribution is 2.27. The maximum Gasteiger partial charge on any atom is 0.262 e. The van der Waals surface area contributed by atoms with Crippen molar-refractivity contribution >= 4 is 39.3 Å². The molecule has 2 aromatic carbocycles. The largest absolute Gasteiger partial charge is 0.348 e. The first-order valence-electron chi connectivity index (χ1n) is 9.54. The second-order valence-corrected chi connectivity index (χ2v) is 8.58. The summed E-state index contributed by atoms with van der Waals surface area (Å²) in [6, 6.07) is 13.6. The number of carbonyl (C=O) groups excluding carboxylic acids is 3. The van der Waals surface area contributed by atoms with Crippen LogP contribution in [0.15, 0.2) is 48.5 Å². The van der Waals surface area contributed by atoms with Crippen LogP contribution in [0.4, 0.5) is 0 Å². The zero-order chi connectivity index (χ0) is 20.5. The molecule has 0 bridgehead atoms. The molecule has 4 rings (SSSR count). The Labute approximate surface area is 172 Å². The van der Waals surface area contributed by atoms with Gasteiger partial charge in [-0.2, -0.15) is 0 Å². The third-order valence-corrected chi connectivity index (χ3v) is 5.92. The lowest BCUT2D eigenvalue weighted by Crippen LogP contribution is -2.50. The van der Waals surface area contributed by atoms with Crippen LogP contribution in [-0.2, 0) is 11.3 Å². The molecule has 1 unspecified atom stereocenters. The first-order valence-corrected chi connectivity index (χ1v) is 10.4. The number of nitrogens with zero attached hydrogens (tertiary/aromatic N) is 2. The predicted octanol–water partition coefficient (Wildman–Crippen LogP) is 3.62. The molecule has 0 fully saturated rings. The summed E-state index contributed by atoms with van der Waals surface area (Å²) in [5.74, 6) is -1.03. The maximum atomic E-state index is 13.0. The highest BCUT2D eigenvalue weighted by molar-refractivity contribution is 7.18. The predicted molar refractivity (Wildman–Crippen MR) is 112 cm³/mol. The molecule has 1 N–H and O–H groups in total. The Morgan fingerprint density at radius 2 is 1.66 bits per heavy atom. The lowest BCUT2D eigenvalue weighted by Gasteiger charge is -2.26. The van der Waals surface area contributed by atoms with Gasteiger partial charge in [-0.25, -0.2) is 4.98 Å². The first-order chi connectivity index (χ1) is 14.0. The van der Waals surface area contributed by atoms with E-state index in [1.807, 2.05) is 38.1 Å². The second-order valence-electron chi connectivity index (χ2n) is 7.46. The van der Waals surface area contributed by atoms with Crippen LogP contribution in [0, 0.1) is 5.92 Å². The van der Waals surface area contributed by atoms with Gasteiger partial charge in [-0.1, -0.05) is 38.1 Å². The summed E-state index contributed by atoms with van der Waals surface area (Å²) >= 11 is 1.51. The zero-order valence-corrected chi connectivity index (χ0v) is 17.0. The number of hydrogen-bond acceptors (Lipinski definition) is 5. The van der Waals surface area contributed by atoms with E-state index in [-0.39, 0.29) is 18.4 Å². The Morgan fingerprint density at radius 3 is 2.28 bits per heavy atom. The van der Waals surface area contributed by atoms with Crippen molar-refractivity contribution in [3.8, 4) is 0 Å². The van der Waals surface area contributed by atoms with Gasteiger partial charge in [0.15, 0.2) is 0 Å². The first kappa shape index (κ1) is 19.3. The fourth-order valence-corrected chi connectivity index (χ4v) is 4.45. The van der Waals surface area contributed by atoms with Gasteiger partial charge in [-0.05, 0) is 36.6 Å².